The van der Waals surface area contributed by atoms with Crippen LogP contribution in [-0.2, 0) is 10.2 Å². The Hall–Kier alpha value is -1.97. The van der Waals surface area contributed by atoms with Gasteiger partial charge in [0.05, 0.1) is 17.8 Å². The molecule has 0 radical (unpaired) electrons. The van der Waals surface area contributed by atoms with Crippen LogP contribution in [0.4, 0.5) is 0 Å². The van der Waals surface area contributed by atoms with Gasteiger partial charge in [-0.25, -0.2) is 0 Å². The normalized spacial score (nSPS) is 17.6. The molecule has 1 heterocycles. The fourth-order valence-corrected chi connectivity index (χ4v) is 2.57. The summed E-state index contributed by atoms with van der Waals surface area (Å²) in [6, 6.07) is 5.72. The van der Waals surface area contributed by atoms with E-state index in [2.05, 4.69) is 10.2 Å². The maximum Gasteiger partial charge on any atom is 0.314 e. The van der Waals surface area contributed by atoms with Crippen molar-refractivity contribution in [3.8, 4) is 0 Å². The van der Waals surface area contributed by atoms with Gasteiger partial charge in [0.2, 0.25) is 0 Å². The van der Waals surface area contributed by atoms with E-state index in [9.17, 15) is 9.90 Å². The van der Waals surface area contributed by atoms with Gasteiger partial charge in [0.15, 0.2) is 0 Å². The Balaban J connectivity index is 2.27. The molecule has 0 saturated heterocycles. The van der Waals surface area contributed by atoms with Crippen LogP contribution in [0.5, 0.6) is 0 Å². The first-order chi connectivity index (χ1) is 8.24. The van der Waals surface area contributed by atoms with Crippen molar-refractivity contribution in [3.63, 3.8) is 0 Å². The highest BCUT2D eigenvalue weighted by Crippen LogP contribution is 2.46. The van der Waals surface area contributed by atoms with Gasteiger partial charge >= 0.3 is 5.97 Å². The third-order valence-electron chi connectivity index (χ3n) is 3.72. The van der Waals surface area contributed by atoms with Crippen LogP contribution in [0.1, 0.15) is 24.8 Å². The Kier molecular flexibility index (Phi) is 2.11. The molecular formula is C13H12N2O2. The van der Waals surface area contributed by atoms with Crippen LogP contribution >= 0.6 is 0 Å². The van der Waals surface area contributed by atoms with Gasteiger partial charge in [-0.15, -0.1) is 0 Å². The van der Waals surface area contributed by atoms with Crippen molar-refractivity contribution in [2.45, 2.75) is 24.7 Å². The van der Waals surface area contributed by atoms with Gasteiger partial charge in [-0.1, -0.05) is 24.6 Å². The van der Waals surface area contributed by atoms with Gasteiger partial charge in [0, 0.05) is 10.8 Å². The zero-order valence-electron chi connectivity index (χ0n) is 9.26. The summed E-state index contributed by atoms with van der Waals surface area (Å²) >= 11 is 0. The summed E-state index contributed by atoms with van der Waals surface area (Å²) in [5.41, 5.74) is 0.173. The first-order valence-corrected chi connectivity index (χ1v) is 5.67. The van der Waals surface area contributed by atoms with Crippen molar-refractivity contribution in [1.82, 2.24) is 10.2 Å². The first-order valence-electron chi connectivity index (χ1n) is 5.67. The fourth-order valence-electron chi connectivity index (χ4n) is 2.57. The minimum atomic E-state index is -0.729. The number of aromatic nitrogens is 2. The largest absolute Gasteiger partial charge is 0.481 e. The minimum Gasteiger partial charge on any atom is -0.481 e. The molecule has 1 N–H and O–H groups in total. The van der Waals surface area contributed by atoms with E-state index in [1.54, 1.807) is 12.4 Å². The molecule has 0 unspecified atom stereocenters. The number of rotatable bonds is 2. The zero-order valence-corrected chi connectivity index (χ0v) is 9.26. The molecule has 0 bridgehead atoms. The van der Waals surface area contributed by atoms with E-state index in [0.29, 0.717) is 12.8 Å². The summed E-state index contributed by atoms with van der Waals surface area (Å²) in [5.74, 6) is -0.729. The lowest BCUT2D eigenvalue weighted by Gasteiger charge is -2.38. The van der Waals surface area contributed by atoms with Crippen molar-refractivity contribution < 1.29 is 9.90 Å². The average Bonchev–Trinajstić information content (AvgIpc) is 2.27. The van der Waals surface area contributed by atoms with Crippen LogP contribution in [0.25, 0.3) is 10.8 Å². The van der Waals surface area contributed by atoms with Crippen molar-refractivity contribution in [2.75, 3.05) is 0 Å². The van der Waals surface area contributed by atoms with E-state index in [1.807, 2.05) is 18.2 Å². The molecule has 17 heavy (non-hydrogen) atoms. The molecule has 3 rings (SSSR count). The highest BCUT2D eigenvalue weighted by atomic mass is 16.4. The lowest BCUT2D eigenvalue weighted by Crippen LogP contribution is -2.42. The molecule has 1 aliphatic rings. The summed E-state index contributed by atoms with van der Waals surface area (Å²) in [6.45, 7) is 0. The molecule has 1 aromatic carbocycles. The van der Waals surface area contributed by atoms with Crippen LogP contribution in [0.3, 0.4) is 0 Å². The summed E-state index contributed by atoms with van der Waals surface area (Å²) < 4.78 is 0. The van der Waals surface area contributed by atoms with Crippen LogP contribution in [0, 0.1) is 0 Å². The number of aliphatic carboxylic acids is 1. The lowest BCUT2D eigenvalue weighted by atomic mass is 9.63. The molecule has 0 spiro atoms. The predicted octanol–water partition coefficient (Wildman–Crippen LogP) is 2.14. The molecule has 0 atom stereocenters. The van der Waals surface area contributed by atoms with Gasteiger partial charge in [0.1, 0.15) is 0 Å². The smallest absolute Gasteiger partial charge is 0.314 e. The molecule has 0 aliphatic heterocycles. The highest BCUT2D eigenvalue weighted by Gasteiger charge is 2.46. The van der Waals surface area contributed by atoms with E-state index in [-0.39, 0.29) is 0 Å². The fraction of sp³-hybridized carbons (Fsp3) is 0.308. The standard InChI is InChI=1S/C13H12N2O2/c16-12(17)13(5-2-6-13)11-4-1-3-9-7-14-15-8-10(9)11/h1,3-4,7-8H,2,5-6H2,(H,16,17). The van der Waals surface area contributed by atoms with Crippen molar-refractivity contribution in [2.24, 2.45) is 0 Å². The third-order valence-corrected chi connectivity index (χ3v) is 3.72. The van der Waals surface area contributed by atoms with E-state index >= 15 is 0 Å². The molecule has 1 aromatic heterocycles. The number of carboxylic acids is 1. The maximum absolute atomic E-state index is 11.5. The van der Waals surface area contributed by atoms with Crippen LogP contribution in [0.2, 0.25) is 0 Å². The van der Waals surface area contributed by atoms with E-state index in [1.165, 1.54) is 0 Å². The summed E-state index contributed by atoms with van der Waals surface area (Å²) in [7, 11) is 0. The molecule has 2 aromatic rings. The Morgan fingerprint density at radius 1 is 1.24 bits per heavy atom. The van der Waals surface area contributed by atoms with E-state index < -0.39 is 11.4 Å². The molecular weight excluding hydrogens is 216 g/mol. The van der Waals surface area contributed by atoms with Crippen molar-refractivity contribution in [3.05, 3.63) is 36.2 Å². The number of hydrogen-bond acceptors (Lipinski definition) is 3. The monoisotopic (exact) mass is 228 g/mol. The quantitative estimate of drug-likeness (QED) is 0.855. The summed E-state index contributed by atoms with van der Waals surface area (Å²) in [5, 5.41) is 19.0. The summed E-state index contributed by atoms with van der Waals surface area (Å²) in [6.07, 6.45) is 5.73. The van der Waals surface area contributed by atoms with Gasteiger partial charge in [0.25, 0.3) is 0 Å². The minimum absolute atomic E-state index is 0.706. The van der Waals surface area contributed by atoms with E-state index in [4.69, 9.17) is 0 Å². The molecule has 1 saturated carbocycles. The molecule has 0 amide bonds. The summed E-state index contributed by atoms with van der Waals surface area (Å²) in [4.78, 5) is 11.5. The van der Waals surface area contributed by atoms with Crippen LogP contribution < -0.4 is 0 Å². The number of hydrogen-bond donors (Lipinski definition) is 1. The van der Waals surface area contributed by atoms with Crippen LogP contribution in [-0.4, -0.2) is 21.3 Å². The number of nitrogens with zero attached hydrogens (tertiary/aromatic N) is 2. The SMILES string of the molecule is O=C(O)C1(c2cccc3cnncc23)CCC1. The Morgan fingerprint density at radius 2 is 2.00 bits per heavy atom. The van der Waals surface area contributed by atoms with Gasteiger partial charge in [-0.3, -0.25) is 4.79 Å². The Morgan fingerprint density at radius 3 is 2.65 bits per heavy atom. The van der Waals surface area contributed by atoms with Crippen molar-refractivity contribution >= 4 is 16.7 Å². The number of carbonyl (C=O) groups is 1. The Labute approximate surface area is 98.3 Å². The lowest BCUT2D eigenvalue weighted by molar-refractivity contribution is -0.147. The second-order valence-corrected chi connectivity index (χ2v) is 4.54. The maximum atomic E-state index is 11.5. The topological polar surface area (TPSA) is 63.1 Å². The van der Waals surface area contributed by atoms with Crippen LogP contribution in [0.15, 0.2) is 30.6 Å². The van der Waals surface area contributed by atoms with E-state index in [0.717, 1.165) is 22.8 Å². The highest BCUT2D eigenvalue weighted by molar-refractivity contribution is 5.92. The van der Waals surface area contributed by atoms with Gasteiger partial charge in [-0.2, -0.15) is 10.2 Å². The first kappa shape index (κ1) is 10.2. The zero-order chi connectivity index (χ0) is 11.9. The molecule has 1 fully saturated rings. The molecule has 4 nitrogen and oxygen atoms in total. The average molecular weight is 228 g/mol. The van der Waals surface area contributed by atoms with Crippen molar-refractivity contribution in [1.29, 1.82) is 0 Å². The molecule has 4 heteroatoms. The third kappa shape index (κ3) is 1.33. The number of benzene rings is 1. The predicted molar refractivity (Wildman–Crippen MR) is 62.7 cm³/mol. The Bertz CT molecular complexity index is 585. The van der Waals surface area contributed by atoms with Gasteiger partial charge in [-0.05, 0) is 18.4 Å². The molecule has 1 aliphatic carbocycles. The number of fused-ring (bicyclic) bond motifs is 1. The van der Waals surface area contributed by atoms with Gasteiger partial charge < -0.3 is 5.11 Å². The second kappa shape index (κ2) is 3.52. The number of carboxylic acid groups (broad SMARTS) is 1. The molecule has 86 valence electrons. The second-order valence-electron chi connectivity index (χ2n) is 4.54.